The fourth-order valence-corrected chi connectivity index (χ4v) is 3.37. The number of carbonyl (C=O) groups excluding carboxylic acids is 1. The van der Waals surface area contributed by atoms with Crippen LogP contribution < -0.4 is 15.0 Å². The van der Waals surface area contributed by atoms with Gasteiger partial charge in [0, 0.05) is 38.8 Å². The number of nitrogens with zero attached hydrogens (tertiary/aromatic N) is 4. The lowest BCUT2D eigenvalue weighted by Crippen LogP contribution is -2.49. The number of ether oxygens (including phenoxy) is 1. The van der Waals surface area contributed by atoms with E-state index in [1.54, 1.807) is 13.2 Å². The predicted molar refractivity (Wildman–Crippen MR) is 111 cm³/mol. The third kappa shape index (κ3) is 4.91. The normalized spacial score (nSPS) is 14.1. The van der Waals surface area contributed by atoms with E-state index in [9.17, 15) is 4.79 Å². The molecule has 1 aromatic carbocycles. The Kier molecular flexibility index (Phi) is 7.06. The highest BCUT2D eigenvalue weighted by molar-refractivity contribution is 5.93. The molecule has 0 aliphatic carbocycles. The number of unbranched alkanes of at least 4 members (excludes halogenated alkanes) is 2. The molecular weight excluding hydrogens is 354 g/mol. The minimum absolute atomic E-state index is 0.0429. The lowest BCUT2D eigenvalue weighted by atomic mass is 10.2. The van der Waals surface area contributed by atoms with Gasteiger partial charge in [0.15, 0.2) is 0 Å². The fraction of sp³-hybridized carbons (Fsp3) is 0.476. The topological polar surface area (TPSA) is 70.6 Å². The van der Waals surface area contributed by atoms with Crippen molar-refractivity contribution < 1.29 is 9.53 Å². The zero-order valence-corrected chi connectivity index (χ0v) is 16.7. The van der Waals surface area contributed by atoms with Crippen LogP contribution in [0.5, 0.6) is 5.75 Å². The van der Waals surface area contributed by atoms with E-state index < -0.39 is 0 Å². The summed E-state index contributed by atoms with van der Waals surface area (Å²) >= 11 is 0. The molecule has 1 aromatic heterocycles. The van der Waals surface area contributed by atoms with Gasteiger partial charge in [0.1, 0.15) is 23.6 Å². The van der Waals surface area contributed by atoms with Gasteiger partial charge in [-0.2, -0.15) is 0 Å². The third-order valence-corrected chi connectivity index (χ3v) is 4.97. The van der Waals surface area contributed by atoms with Gasteiger partial charge in [-0.05, 0) is 18.6 Å². The van der Waals surface area contributed by atoms with Gasteiger partial charge in [0.05, 0.1) is 12.8 Å². The molecule has 3 rings (SSSR count). The number of nitrogens with one attached hydrogen (secondary N) is 1. The van der Waals surface area contributed by atoms with Crippen LogP contribution in [-0.2, 0) is 0 Å². The highest BCUT2D eigenvalue weighted by atomic mass is 16.5. The van der Waals surface area contributed by atoms with E-state index in [2.05, 4.69) is 33.2 Å². The molecule has 0 saturated carbocycles. The summed E-state index contributed by atoms with van der Waals surface area (Å²) in [6.07, 6.45) is 4.91. The molecule has 1 amide bonds. The van der Waals surface area contributed by atoms with Crippen molar-refractivity contribution in [3.63, 3.8) is 0 Å². The van der Waals surface area contributed by atoms with Crippen molar-refractivity contribution in [2.75, 3.05) is 50.1 Å². The molecule has 1 fully saturated rings. The van der Waals surface area contributed by atoms with E-state index >= 15 is 0 Å². The van der Waals surface area contributed by atoms with Crippen molar-refractivity contribution in [1.29, 1.82) is 0 Å². The maximum absolute atomic E-state index is 12.9. The first kappa shape index (κ1) is 19.9. The van der Waals surface area contributed by atoms with E-state index in [4.69, 9.17) is 4.74 Å². The van der Waals surface area contributed by atoms with Crippen LogP contribution >= 0.6 is 0 Å². The number of amides is 1. The summed E-state index contributed by atoms with van der Waals surface area (Å²) in [6, 6.07) is 9.73. The maximum atomic E-state index is 12.9. The van der Waals surface area contributed by atoms with Crippen LogP contribution in [0.1, 0.15) is 36.7 Å². The number of methoxy groups -OCH3 is 1. The van der Waals surface area contributed by atoms with E-state index in [0.717, 1.165) is 37.5 Å². The predicted octanol–water partition coefficient (Wildman–Crippen LogP) is 3.05. The van der Waals surface area contributed by atoms with Crippen molar-refractivity contribution in [2.45, 2.75) is 26.2 Å². The van der Waals surface area contributed by atoms with Crippen LogP contribution in [0.15, 0.2) is 36.7 Å². The highest BCUT2D eigenvalue weighted by Crippen LogP contribution is 2.28. The molecule has 1 N–H and O–H groups in total. The largest absolute Gasteiger partial charge is 0.495 e. The summed E-state index contributed by atoms with van der Waals surface area (Å²) in [6.45, 7) is 5.87. The standard InChI is InChI=1S/C21H29N5O2/c1-3-4-7-10-22-20-15-17(23-16-24-20)21(27)26-13-11-25(12-14-26)18-8-5-6-9-19(18)28-2/h5-6,8-9,15-16H,3-4,7,10-14H2,1-2H3,(H,22,23,24). The summed E-state index contributed by atoms with van der Waals surface area (Å²) in [5, 5.41) is 3.27. The first-order valence-electron chi connectivity index (χ1n) is 9.96. The fourth-order valence-electron chi connectivity index (χ4n) is 3.37. The van der Waals surface area contributed by atoms with Gasteiger partial charge >= 0.3 is 0 Å². The van der Waals surface area contributed by atoms with Crippen LogP contribution in [0.3, 0.4) is 0 Å². The van der Waals surface area contributed by atoms with Gasteiger partial charge in [-0.1, -0.05) is 31.9 Å². The number of piperazine rings is 1. The second-order valence-corrected chi connectivity index (χ2v) is 6.87. The minimum Gasteiger partial charge on any atom is -0.495 e. The summed E-state index contributed by atoms with van der Waals surface area (Å²) in [7, 11) is 1.68. The number of aromatic nitrogens is 2. The average molecular weight is 383 g/mol. The van der Waals surface area contributed by atoms with Crippen LogP contribution in [0.25, 0.3) is 0 Å². The number of anilines is 2. The van der Waals surface area contributed by atoms with Crippen molar-refractivity contribution in [2.24, 2.45) is 0 Å². The van der Waals surface area contributed by atoms with E-state index in [1.807, 2.05) is 23.1 Å². The van der Waals surface area contributed by atoms with Gasteiger partial charge in [-0.3, -0.25) is 4.79 Å². The Hall–Kier alpha value is -2.83. The number of hydrogen-bond donors (Lipinski definition) is 1. The van der Waals surface area contributed by atoms with Gasteiger partial charge in [0.2, 0.25) is 0 Å². The molecule has 150 valence electrons. The van der Waals surface area contributed by atoms with Crippen molar-refractivity contribution in [3.8, 4) is 5.75 Å². The monoisotopic (exact) mass is 383 g/mol. The molecule has 2 aromatic rings. The number of para-hydroxylation sites is 2. The Balaban J connectivity index is 1.58. The third-order valence-electron chi connectivity index (χ3n) is 4.97. The molecule has 1 saturated heterocycles. The van der Waals surface area contributed by atoms with Crippen LogP contribution in [-0.4, -0.2) is 60.6 Å². The molecule has 0 spiro atoms. The van der Waals surface area contributed by atoms with Crippen LogP contribution in [0.4, 0.5) is 11.5 Å². The van der Waals surface area contributed by atoms with Crippen LogP contribution in [0.2, 0.25) is 0 Å². The summed E-state index contributed by atoms with van der Waals surface area (Å²) in [5.74, 6) is 1.53. The van der Waals surface area contributed by atoms with E-state index in [0.29, 0.717) is 24.6 Å². The molecule has 28 heavy (non-hydrogen) atoms. The Labute approximate surface area is 166 Å². The average Bonchev–Trinajstić information content (AvgIpc) is 2.76. The summed E-state index contributed by atoms with van der Waals surface area (Å²) in [4.78, 5) is 25.4. The molecule has 0 atom stereocenters. The zero-order chi connectivity index (χ0) is 19.8. The van der Waals surface area contributed by atoms with Gasteiger partial charge in [-0.15, -0.1) is 0 Å². The smallest absolute Gasteiger partial charge is 0.272 e. The van der Waals surface area contributed by atoms with Gasteiger partial charge in [-0.25, -0.2) is 9.97 Å². The first-order chi connectivity index (χ1) is 13.7. The molecule has 7 nitrogen and oxygen atoms in total. The van der Waals surface area contributed by atoms with Gasteiger partial charge < -0.3 is 19.9 Å². The van der Waals surface area contributed by atoms with Gasteiger partial charge in [0.25, 0.3) is 5.91 Å². The Morgan fingerprint density at radius 1 is 1.14 bits per heavy atom. The van der Waals surface area contributed by atoms with Crippen molar-refractivity contribution in [1.82, 2.24) is 14.9 Å². The Morgan fingerprint density at radius 2 is 1.93 bits per heavy atom. The lowest BCUT2D eigenvalue weighted by molar-refractivity contribution is 0.0740. The van der Waals surface area contributed by atoms with Crippen LogP contribution in [0, 0.1) is 0 Å². The molecular formula is C21H29N5O2. The maximum Gasteiger partial charge on any atom is 0.272 e. The molecule has 2 heterocycles. The first-order valence-corrected chi connectivity index (χ1v) is 9.96. The molecule has 0 radical (unpaired) electrons. The lowest BCUT2D eigenvalue weighted by Gasteiger charge is -2.36. The number of benzene rings is 1. The number of carbonyl (C=O) groups is 1. The quantitative estimate of drug-likeness (QED) is 0.707. The molecule has 0 bridgehead atoms. The molecule has 1 aliphatic heterocycles. The molecule has 1 aliphatic rings. The number of rotatable bonds is 8. The highest BCUT2D eigenvalue weighted by Gasteiger charge is 2.24. The van der Waals surface area contributed by atoms with Crippen molar-refractivity contribution >= 4 is 17.4 Å². The summed E-state index contributed by atoms with van der Waals surface area (Å²) in [5.41, 5.74) is 1.51. The molecule has 7 heteroatoms. The van der Waals surface area contributed by atoms with E-state index in [-0.39, 0.29) is 5.91 Å². The Bertz CT molecular complexity index is 775. The molecule has 0 unspecified atom stereocenters. The number of hydrogen-bond acceptors (Lipinski definition) is 6. The SMILES string of the molecule is CCCCCNc1cc(C(=O)N2CCN(c3ccccc3OC)CC2)ncn1. The van der Waals surface area contributed by atoms with Crippen molar-refractivity contribution in [3.05, 3.63) is 42.4 Å². The second-order valence-electron chi connectivity index (χ2n) is 6.87. The minimum atomic E-state index is -0.0429. The van der Waals surface area contributed by atoms with E-state index in [1.165, 1.54) is 19.2 Å². The Morgan fingerprint density at radius 3 is 2.68 bits per heavy atom. The zero-order valence-electron chi connectivity index (χ0n) is 16.7. The summed E-state index contributed by atoms with van der Waals surface area (Å²) < 4.78 is 5.46. The second kappa shape index (κ2) is 9.92.